The van der Waals surface area contributed by atoms with Crippen LogP contribution in [0.3, 0.4) is 0 Å². The van der Waals surface area contributed by atoms with Gasteiger partial charge in [-0.1, -0.05) is 18.5 Å². The largest absolute Gasteiger partial charge is 0.349 e. The Bertz CT molecular complexity index is 832. The zero-order valence-electron chi connectivity index (χ0n) is 15.5. The van der Waals surface area contributed by atoms with Crippen LogP contribution in [0, 0.1) is 17.8 Å². The van der Waals surface area contributed by atoms with E-state index in [1.807, 2.05) is 6.33 Å². The normalized spacial score (nSPS) is 30.0. The number of benzene rings is 1. The Balaban J connectivity index is 1.21. The van der Waals surface area contributed by atoms with Crippen LogP contribution in [0.1, 0.15) is 67.2 Å². The van der Waals surface area contributed by atoms with E-state index in [-0.39, 0.29) is 11.9 Å². The van der Waals surface area contributed by atoms with Crippen molar-refractivity contribution in [3.63, 3.8) is 0 Å². The number of aromatic nitrogens is 3. The third-order valence-electron chi connectivity index (χ3n) is 6.75. The van der Waals surface area contributed by atoms with E-state index in [2.05, 4.69) is 27.0 Å². The number of amides is 1. The van der Waals surface area contributed by atoms with Crippen LogP contribution < -0.4 is 5.32 Å². The molecule has 2 aromatic rings. The Kier molecular flexibility index (Phi) is 4.23. The average Bonchev–Trinajstić information content (AvgIpc) is 3.53. The molecule has 0 spiro atoms. The number of carbonyl (C=O) groups is 1. The minimum absolute atomic E-state index is 0.00914. The number of nitrogens with one attached hydrogen (secondary N) is 1. The Hall–Kier alpha value is -1.88. The highest BCUT2D eigenvalue weighted by molar-refractivity contribution is 6.30. The smallest absolute Gasteiger partial charge is 0.251 e. The molecular formula is C21H25ClN4O. The van der Waals surface area contributed by atoms with Crippen LogP contribution in [0.4, 0.5) is 0 Å². The van der Waals surface area contributed by atoms with E-state index in [0.29, 0.717) is 28.5 Å². The fourth-order valence-corrected chi connectivity index (χ4v) is 5.30. The molecule has 5 atom stereocenters. The molecule has 1 aromatic heterocycles. The maximum absolute atomic E-state index is 12.6. The summed E-state index contributed by atoms with van der Waals surface area (Å²) in [5, 5.41) is 12.4. The highest BCUT2D eigenvalue weighted by Gasteiger charge is 2.59. The molecule has 27 heavy (non-hydrogen) atoms. The lowest BCUT2D eigenvalue weighted by Gasteiger charge is -2.22. The van der Waals surface area contributed by atoms with Crippen molar-refractivity contribution in [1.29, 1.82) is 0 Å². The lowest BCUT2D eigenvalue weighted by atomic mass is 9.98. The van der Waals surface area contributed by atoms with Gasteiger partial charge in [-0.3, -0.25) is 4.79 Å². The van der Waals surface area contributed by atoms with E-state index in [1.165, 1.54) is 31.5 Å². The lowest BCUT2D eigenvalue weighted by Crippen LogP contribution is -2.37. The number of halogens is 1. The minimum Gasteiger partial charge on any atom is -0.349 e. The number of fused-ring (bicyclic) bond motifs is 1. The fraction of sp³-hybridized carbons (Fsp3) is 0.571. The molecule has 1 N–H and O–H groups in total. The first-order valence-electron chi connectivity index (χ1n) is 10.1. The lowest BCUT2D eigenvalue weighted by molar-refractivity contribution is 0.0927. The molecule has 5 nitrogen and oxygen atoms in total. The van der Waals surface area contributed by atoms with Crippen molar-refractivity contribution < 1.29 is 4.79 Å². The molecule has 142 valence electrons. The van der Waals surface area contributed by atoms with Crippen molar-refractivity contribution in [3.8, 4) is 0 Å². The summed E-state index contributed by atoms with van der Waals surface area (Å²) in [4.78, 5) is 12.6. The van der Waals surface area contributed by atoms with E-state index in [4.69, 9.17) is 11.6 Å². The molecule has 0 bridgehead atoms. The number of hydrogen-bond acceptors (Lipinski definition) is 3. The molecule has 0 radical (unpaired) electrons. The fourth-order valence-electron chi connectivity index (χ4n) is 5.18. The molecule has 3 aliphatic carbocycles. The summed E-state index contributed by atoms with van der Waals surface area (Å²) in [7, 11) is 0. The van der Waals surface area contributed by atoms with E-state index in [1.54, 1.807) is 24.3 Å². The van der Waals surface area contributed by atoms with E-state index in [9.17, 15) is 4.79 Å². The van der Waals surface area contributed by atoms with Crippen LogP contribution in [-0.4, -0.2) is 26.7 Å². The molecule has 5 rings (SSSR count). The first kappa shape index (κ1) is 17.2. The molecule has 3 aliphatic rings. The van der Waals surface area contributed by atoms with Crippen molar-refractivity contribution in [2.45, 2.75) is 57.0 Å². The van der Waals surface area contributed by atoms with Crippen LogP contribution in [0.25, 0.3) is 0 Å². The quantitative estimate of drug-likeness (QED) is 0.811. The molecule has 0 aliphatic heterocycles. The van der Waals surface area contributed by atoms with Gasteiger partial charge in [0.05, 0.1) is 0 Å². The predicted molar refractivity (Wildman–Crippen MR) is 104 cm³/mol. The molecule has 6 heteroatoms. The summed E-state index contributed by atoms with van der Waals surface area (Å²) in [6, 6.07) is 7.92. The predicted octanol–water partition coefficient (Wildman–Crippen LogP) is 4.21. The maximum atomic E-state index is 12.6. The van der Waals surface area contributed by atoms with Gasteiger partial charge in [0.1, 0.15) is 12.2 Å². The standard InChI is InChI=1S/C21H25ClN4O/c1-2-18(24-21(27)13-5-7-14(22)8-6-13)19-16-9-15(10-17(16)19)26-11-23-25-20(26)12-3-4-12/h5-8,11-12,15-19H,2-4,9-10H2,1H3,(H,24,27)/t15-,16-,17+,18?,19+. The highest BCUT2D eigenvalue weighted by Crippen LogP contribution is 2.63. The summed E-state index contributed by atoms with van der Waals surface area (Å²) in [6.45, 7) is 2.17. The molecular weight excluding hydrogens is 360 g/mol. The van der Waals surface area contributed by atoms with Crippen LogP contribution >= 0.6 is 11.6 Å². The topological polar surface area (TPSA) is 59.8 Å². The van der Waals surface area contributed by atoms with Gasteiger partial charge in [0, 0.05) is 28.6 Å². The molecule has 1 amide bonds. The van der Waals surface area contributed by atoms with Crippen LogP contribution in [0.2, 0.25) is 5.02 Å². The Labute approximate surface area is 164 Å². The zero-order chi connectivity index (χ0) is 18.5. The van der Waals surface area contributed by atoms with Gasteiger partial charge in [-0.15, -0.1) is 10.2 Å². The van der Waals surface area contributed by atoms with Crippen molar-refractivity contribution in [1.82, 2.24) is 20.1 Å². The molecule has 3 saturated carbocycles. The van der Waals surface area contributed by atoms with Gasteiger partial charge < -0.3 is 9.88 Å². The number of nitrogens with zero attached hydrogens (tertiary/aromatic N) is 3. The third-order valence-corrected chi connectivity index (χ3v) is 7.00. The van der Waals surface area contributed by atoms with Crippen molar-refractivity contribution in [2.24, 2.45) is 17.8 Å². The highest BCUT2D eigenvalue weighted by atomic mass is 35.5. The SMILES string of the molecule is CCC(NC(=O)c1ccc(Cl)cc1)[C@H]1[C@@H]2C[C@@H](n3cnnc3C3CC3)C[C@@H]21. The Morgan fingerprint density at radius 3 is 2.59 bits per heavy atom. The van der Waals surface area contributed by atoms with E-state index in [0.717, 1.165) is 18.3 Å². The average molecular weight is 385 g/mol. The van der Waals surface area contributed by atoms with Gasteiger partial charge in [0.15, 0.2) is 0 Å². The Morgan fingerprint density at radius 1 is 1.26 bits per heavy atom. The number of hydrogen-bond donors (Lipinski definition) is 1. The molecule has 1 heterocycles. The molecule has 0 saturated heterocycles. The maximum Gasteiger partial charge on any atom is 0.251 e. The second-order valence-corrected chi connectivity index (χ2v) is 8.83. The van der Waals surface area contributed by atoms with Gasteiger partial charge in [0.25, 0.3) is 5.91 Å². The van der Waals surface area contributed by atoms with Gasteiger partial charge in [0.2, 0.25) is 0 Å². The van der Waals surface area contributed by atoms with E-state index < -0.39 is 0 Å². The van der Waals surface area contributed by atoms with Gasteiger partial charge in [-0.05, 0) is 74.1 Å². The van der Waals surface area contributed by atoms with Crippen LogP contribution in [0.5, 0.6) is 0 Å². The summed E-state index contributed by atoms with van der Waals surface area (Å²) in [6.07, 6.45) is 7.81. The zero-order valence-corrected chi connectivity index (χ0v) is 16.3. The van der Waals surface area contributed by atoms with Gasteiger partial charge in [-0.25, -0.2) is 0 Å². The molecule has 1 unspecified atom stereocenters. The first-order chi connectivity index (χ1) is 13.2. The van der Waals surface area contributed by atoms with Crippen molar-refractivity contribution in [2.75, 3.05) is 0 Å². The summed E-state index contributed by atoms with van der Waals surface area (Å²) < 4.78 is 2.34. The second-order valence-electron chi connectivity index (χ2n) is 8.40. The van der Waals surface area contributed by atoms with Gasteiger partial charge in [-0.2, -0.15) is 0 Å². The van der Waals surface area contributed by atoms with E-state index >= 15 is 0 Å². The third kappa shape index (κ3) is 3.16. The van der Waals surface area contributed by atoms with Crippen LogP contribution in [0.15, 0.2) is 30.6 Å². The number of carbonyl (C=O) groups excluding carboxylic acids is 1. The summed E-state index contributed by atoms with van der Waals surface area (Å²) in [5.41, 5.74) is 0.681. The first-order valence-corrected chi connectivity index (χ1v) is 10.5. The number of rotatable bonds is 6. The summed E-state index contributed by atoms with van der Waals surface area (Å²) in [5.74, 6) is 3.90. The Morgan fingerprint density at radius 2 is 1.96 bits per heavy atom. The van der Waals surface area contributed by atoms with Crippen LogP contribution in [-0.2, 0) is 0 Å². The van der Waals surface area contributed by atoms with Crippen molar-refractivity contribution >= 4 is 17.5 Å². The molecule has 3 fully saturated rings. The van der Waals surface area contributed by atoms with Crippen molar-refractivity contribution in [3.05, 3.63) is 47.0 Å². The summed E-state index contributed by atoms with van der Waals surface area (Å²) >= 11 is 5.92. The minimum atomic E-state index is 0.00914. The molecule has 1 aromatic carbocycles. The second kappa shape index (κ2) is 6.62. The van der Waals surface area contributed by atoms with Gasteiger partial charge >= 0.3 is 0 Å². The monoisotopic (exact) mass is 384 g/mol.